The lowest BCUT2D eigenvalue weighted by Gasteiger charge is -1.98. The molecule has 3 rings (SSSR count). The Morgan fingerprint density at radius 3 is 2.79 bits per heavy atom. The van der Waals surface area contributed by atoms with Crippen LogP contribution in [0.15, 0.2) is 27.4 Å². The van der Waals surface area contributed by atoms with Crippen molar-refractivity contribution in [3.8, 4) is 0 Å². The number of aryl methyl sites for hydroxylation is 1. The predicted molar refractivity (Wildman–Crippen MR) is 76.5 cm³/mol. The molecule has 5 nitrogen and oxygen atoms in total. The zero-order valence-corrected chi connectivity index (χ0v) is 12.0. The second kappa shape index (κ2) is 4.37. The van der Waals surface area contributed by atoms with E-state index in [1.807, 2.05) is 22.6 Å². The van der Waals surface area contributed by atoms with Crippen molar-refractivity contribution in [1.29, 1.82) is 0 Å². The van der Waals surface area contributed by atoms with Crippen LogP contribution in [0.2, 0.25) is 0 Å². The fourth-order valence-corrected chi connectivity index (χ4v) is 2.37. The van der Waals surface area contributed by atoms with Crippen LogP contribution in [0.1, 0.15) is 27.4 Å². The number of esters is 1. The standard InChI is InChI=1S/C13H8INO4/c1-6-4-8-9(5-7-2-3-10(14)18-7)19-13(17)11(8)12(16)15-6/h2-5H,1H3,(H,15,16)/b9-5+. The largest absolute Gasteiger partial charge is 0.451 e. The highest BCUT2D eigenvalue weighted by Gasteiger charge is 2.30. The van der Waals surface area contributed by atoms with Crippen molar-refractivity contribution >= 4 is 40.4 Å². The predicted octanol–water partition coefficient (Wildman–Crippen LogP) is 2.55. The molecule has 2 aromatic rings. The Morgan fingerprint density at radius 1 is 1.32 bits per heavy atom. The van der Waals surface area contributed by atoms with Gasteiger partial charge in [0.25, 0.3) is 5.56 Å². The highest BCUT2D eigenvalue weighted by Crippen LogP contribution is 2.29. The highest BCUT2D eigenvalue weighted by atomic mass is 127. The fourth-order valence-electron chi connectivity index (χ4n) is 1.93. The summed E-state index contributed by atoms with van der Waals surface area (Å²) >= 11 is 2.04. The van der Waals surface area contributed by atoms with Crippen LogP contribution >= 0.6 is 22.6 Å². The Labute approximate surface area is 121 Å². The number of rotatable bonds is 1. The van der Waals surface area contributed by atoms with E-state index < -0.39 is 11.5 Å². The molecule has 19 heavy (non-hydrogen) atoms. The lowest BCUT2D eigenvalue weighted by molar-refractivity contribution is 0.0715. The van der Waals surface area contributed by atoms with Crippen molar-refractivity contribution in [2.45, 2.75) is 6.92 Å². The minimum atomic E-state index is -0.635. The summed E-state index contributed by atoms with van der Waals surface area (Å²) in [7, 11) is 0. The molecule has 0 aromatic carbocycles. The summed E-state index contributed by atoms with van der Waals surface area (Å²) in [4.78, 5) is 26.0. The third-order valence-electron chi connectivity index (χ3n) is 2.71. The molecule has 0 saturated heterocycles. The van der Waals surface area contributed by atoms with Crippen LogP contribution in [0, 0.1) is 10.7 Å². The summed E-state index contributed by atoms with van der Waals surface area (Å²) in [6.45, 7) is 1.75. The van der Waals surface area contributed by atoms with Crippen LogP contribution in [-0.2, 0) is 4.74 Å². The average molecular weight is 369 g/mol. The van der Waals surface area contributed by atoms with Gasteiger partial charge in [-0.3, -0.25) is 4.79 Å². The highest BCUT2D eigenvalue weighted by molar-refractivity contribution is 14.1. The van der Waals surface area contributed by atoms with Gasteiger partial charge < -0.3 is 14.1 Å². The van der Waals surface area contributed by atoms with Gasteiger partial charge in [-0.2, -0.15) is 0 Å². The summed E-state index contributed by atoms with van der Waals surface area (Å²) in [5.74, 6) is 0.265. The minimum absolute atomic E-state index is 0.0399. The lowest BCUT2D eigenvalue weighted by Crippen LogP contribution is -2.16. The van der Waals surface area contributed by atoms with Crippen molar-refractivity contribution in [3.63, 3.8) is 0 Å². The van der Waals surface area contributed by atoms with Gasteiger partial charge in [0.05, 0.1) is 0 Å². The number of pyridine rings is 1. The number of hydrogen-bond donors (Lipinski definition) is 1. The van der Waals surface area contributed by atoms with Gasteiger partial charge in [-0.15, -0.1) is 0 Å². The fraction of sp³-hybridized carbons (Fsp3) is 0.0769. The summed E-state index contributed by atoms with van der Waals surface area (Å²) in [5.41, 5.74) is 0.773. The summed E-state index contributed by atoms with van der Waals surface area (Å²) < 4.78 is 11.2. The van der Waals surface area contributed by atoms with Crippen LogP contribution in [0.3, 0.4) is 0 Å². The summed E-state index contributed by atoms with van der Waals surface area (Å²) in [6.07, 6.45) is 1.60. The Balaban J connectivity index is 2.17. The number of H-pyrrole nitrogens is 1. The van der Waals surface area contributed by atoms with Crippen molar-refractivity contribution in [1.82, 2.24) is 4.98 Å². The number of aromatic nitrogens is 1. The topological polar surface area (TPSA) is 72.3 Å². The first-order chi connectivity index (χ1) is 9.04. The molecule has 0 saturated carbocycles. The van der Waals surface area contributed by atoms with Gasteiger partial charge in [0.15, 0.2) is 3.77 Å². The SMILES string of the molecule is Cc1cc2c(c(=O)[nH]1)C(=O)O/C2=C/c1ccc(I)o1. The van der Waals surface area contributed by atoms with E-state index in [1.165, 1.54) is 0 Å². The monoisotopic (exact) mass is 369 g/mol. The van der Waals surface area contributed by atoms with Crippen molar-refractivity contribution < 1.29 is 13.9 Å². The van der Waals surface area contributed by atoms with Gasteiger partial charge in [0.1, 0.15) is 17.1 Å². The van der Waals surface area contributed by atoms with E-state index in [-0.39, 0.29) is 5.56 Å². The van der Waals surface area contributed by atoms with Crippen LogP contribution < -0.4 is 5.56 Å². The van der Waals surface area contributed by atoms with E-state index in [2.05, 4.69) is 4.98 Å². The normalized spacial score (nSPS) is 15.7. The molecule has 0 aliphatic carbocycles. The van der Waals surface area contributed by atoms with E-state index in [0.717, 1.165) is 3.77 Å². The number of furan rings is 1. The van der Waals surface area contributed by atoms with Gasteiger partial charge in [-0.05, 0) is 47.7 Å². The molecule has 1 aliphatic heterocycles. The Morgan fingerprint density at radius 2 is 2.11 bits per heavy atom. The zero-order valence-electron chi connectivity index (χ0n) is 9.82. The molecule has 0 amide bonds. The first-order valence-electron chi connectivity index (χ1n) is 5.48. The number of carbonyl (C=O) groups is 1. The maximum absolute atomic E-state index is 11.7. The molecular formula is C13H8INO4. The molecule has 0 spiro atoms. The Bertz CT molecular complexity index is 769. The molecule has 1 N–H and O–H groups in total. The second-order valence-electron chi connectivity index (χ2n) is 4.11. The smallest absolute Gasteiger partial charge is 0.349 e. The van der Waals surface area contributed by atoms with E-state index in [0.29, 0.717) is 22.8 Å². The Kier molecular flexibility index (Phi) is 2.81. The molecule has 2 aromatic heterocycles. The van der Waals surface area contributed by atoms with E-state index in [1.54, 1.807) is 31.2 Å². The maximum atomic E-state index is 11.7. The van der Waals surface area contributed by atoms with E-state index in [4.69, 9.17) is 9.15 Å². The number of ether oxygens (including phenoxy) is 1. The van der Waals surface area contributed by atoms with Crippen molar-refractivity contribution in [2.75, 3.05) is 0 Å². The van der Waals surface area contributed by atoms with Gasteiger partial charge >= 0.3 is 5.97 Å². The number of carbonyl (C=O) groups excluding carboxylic acids is 1. The average Bonchev–Trinajstić information content (AvgIpc) is 2.84. The first-order valence-corrected chi connectivity index (χ1v) is 6.56. The van der Waals surface area contributed by atoms with Gasteiger partial charge in [0, 0.05) is 17.3 Å². The summed E-state index contributed by atoms with van der Waals surface area (Å²) in [5, 5.41) is 0. The molecular weight excluding hydrogens is 361 g/mol. The van der Waals surface area contributed by atoms with Crippen LogP contribution in [0.4, 0.5) is 0 Å². The number of cyclic esters (lactones) is 1. The van der Waals surface area contributed by atoms with Gasteiger partial charge in [-0.25, -0.2) is 4.79 Å². The molecule has 3 heterocycles. The zero-order chi connectivity index (χ0) is 13.6. The van der Waals surface area contributed by atoms with Crippen LogP contribution in [0.5, 0.6) is 0 Å². The third kappa shape index (κ3) is 2.12. The molecule has 1 aliphatic rings. The molecule has 0 bridgehead atoms. The van der Waals surface area contributed by atoms with Crippen LogP contribution in [-0.4, -0.2) is 11.0 Å². The quantitative estimate of drug-likeness (QED) is 0.620. The molecule has 0 radical (unpaired) electrons. The maximum Gasteiger partial charge on any atom is 0.349 e. The third-order valence-corrected chi connectivity index (χ3v) is 3.29. The van der Waals surface area contributed by atoms with Crippen molar-refractivity contribution in [2.24, 2.45) is 0 Å². The van der Waals surface area contributed by atoms with Gasteiger partial charge in [-0.1, -0.05) is 0 Å². The van der Waals surface area contributed by atoms with Crippen molar-refractivity contribution in [3.05, 3.63) is 54.9 Å². The number of halogens is 1. The number of hydrogen-bond acceptors (Lipinski definition) is 4. The molecule has 96 valence electrons. The molecule has 0 atom stereocenters. The Hall–Kier alpha value is -1.83. The second-order valence-corrected chi connectivity index (χ2v) is 5.17. The summed E-state index contributed by atoms with van der Waals surface area (Å²) in [6, 6.07) is 5.27. The van der Waals surface area contributed by atoms with Crippen LogP contribution in [0.25, 0.3) is 11.8 Å². The minimum Gasteiger partial charge on any atom is -0.451 e. The van der Waals surface area contributed by atoms with E-state index >= 15 is 0 Å². The lowest BCUT2D eigenvalue weighted by atomic mass is 10.1. The number of nitrogens with one attached hydrogen (secondary N) is 1. The van der Waals surface area contributed by atoms with Gasteiger partial charge in [0.2, 0.25) is 0 Å². The number of fused-ring (bicyclic) bond motifs is 1. The molecule has 0 unspecified atom stereocenters. The number of aromatic amines is 1. The molecule has 6 heteroatoms. The first kappa shape index (κ1) is 12.2. The molecule has 0 fully saturated rings. The van der Waals surface area contributed by atoms with E-state index in [9.17, 15) is 9.59 Å².